The first-order chi connectivity index (χ1) is 8.47. The van der Waals surface area contributed by atoms with Crippen molar-refractivity contribution in [1.29, 1.82) is 0 Å². The van der Waals surface area contributed by atoms with Crippen LogP contribution in [0.1, 0.15) is 55.6 Å². The lowest BCUT2D eigenvalue weighted by atomic mass is 9.96. The highest BCUT2D eigenvalue weighted by molar-refractivity contribution is 6.08. The minimum Gasteiger partial charge on any atom is -0.299 e. The molecule has 0 fully saturated rings. The van der Waals surface area contributed by atoms with Gasteiger partial charge in [-0.05, 0) is 36.1 Å². The number of rotatable bonds is 6. The van der Waals surface area contributed by atoms with Gasteiger partial charge in [-0.15, -0.1) is 0 Å². The maximum Gasteiger partial charge on any atom is 0.170 e. The van der Waals surface area contributed by atoms with Gasteiger partial charge in [0.15, 0.2) is 5.78 Å². The van der Waals surface area contributed by atoms with Crippen LogP contribution in [0.4, 0.5) is 0 Å². The molecule has 1 aromatic rings. The number of hydrogen-bond donors (Lipinski definition) is 0. The summed E-state index contributed by atoms with van der Waals surface area (Å²) in [5, 5.41) is 0. The van der Waals surface area contributed by atoms with E-state index >= 15 is 0 Å². The molecule has 1 rings (SSSR count). The molecule has 0 aliphatic heterocycles. The zero-order valence-electron chi connectivity index (χ0n) is 11.7. The van der Waals surface area contributed by atoms with Gasteiger partial charge in [0, 0.05) is 11.5 Å². The minimum absolute atomic E-state index is 0.0138. The van der Waals surface area contributed by atoms with Crippen molar-refractivity contribution in [3.05, 3.63) is 34.9 Å². The summed E-state index contributed by atoms with van der Waals surface area (Å²) in [7, 11) is 0. The molecule has 0 atom stereocenters. The molecule has 0 unspecified atom stereocenters. The number of hydrogen-bond acceptors (Lipinski definition) is 2. The summed E-state index contributed by atoms with van der Waals surface area (Å²) in [6.07, 6.45) is 1.84. The van der Waals surface area contributed by atoms with Crippen molar-refractivity contribution < 1.29 is 9.59 Å². The fourth-order valence-electron chi connectivity index (χ4n) is 1.80. The number of carbonyl (C=O) groups is 2. The first-order valence-corrected chi connectivity index (χ1v) is 6.66. The fourth-order valence-corrected chi connectivity index (χ4v) is 1.80. The molecule has 2 heteroatoms. The molecule has 0 saturated heterocycles. The average Bonchev–Trinajstić information content (AvgIpc) is 2.37. The van der Waals surface area contributed by atoms with Crippen LogP contribution in [0.3, 0.4) is 0 Å². The second-order valence-corrected chi connectivity index (χ2v) is 4.97. The third kappa shape index (κ3) is 3.80. The average molecular weight is 246 g/mol. The predicted octanol–water partition coefficient (Wildman–Crippen LogP) is 3.61. The van der Waals surface area contributed by atoms with E-state index in [2.05, 4.69) is 19.9 Å². The van der Waals surface area contributed by atoms with Gasteiger partial charge in [0.2, 0.25) is 0 Å². The number of carbonyl (C=O) groups excluding carboxylic acids is 2. The van der Waals surface area contributed by atoms with Crippen LogP contribution in [0.15, 0.2) is 18.2 Å². The lowest BCUT2D eigenvalue weighted by Gasteiger charge is -2.08. The molecule has 0 radical (unpaired) electrons. The summed E-state index contributed by atoms with van der Waals surface area (Å²) in [5.41, 5.74) is 3.00. The van der Waals surface area contributed by atoms with Gasteiger partial charge >= 0.3 is 0 Å². The molecule has 1 aromatic carbocycles. The van der Waals surface area contributed by atoms with Crippen LogP contribution in [0.25, 0.3) is 0 Å². The maximum absolute atomic E-state index is 12.1. The lowest BCUT2D eigenvalue weighted by Crippen LogP contribution is -2.13. The highest BCUT2D eigenvalue weighted by atomic mass is 16.1. The van der Waals surface area contributed by atoms with E-state index in [9.17, 15) is 9.59 Å². The largest absolute Gasteiger partial charge is 0.299 e. The van der Waals surface area contributed by atoms with E-state index in [1.54, 1.807) is 0 Å². The summed E-state index contributed by atoms with van der Waals surface area (Å²) in [6, 6.07) is 5.95. The van der Waals surface area contributed by atoms with Gasteiger partial charge in [0.25, 0.3) is 0 Å². The number of aryl methyl sites for hydroxylation is 2. The Hall–Kier alpha value is -1.44. The van der Waals surface area contributed by atoms with Crippen molar-refractivity contribution in [2.24, 2.45) is 5.92 Å². The van der Waals surface area contributed by atoms with E-state index in [0.717, 1.165) is 24.0 Å². The van der Waals surface area contributed by atoms with Crippen LogP contribution in [0.5, 0.6) is 0 Å². The Morgan fingerprint density at radius 3 is 1.89 bits per heavy atom. The fraction of sp³-hybridized carbons (Fsp3) is 0.500. The summed E-state index contributed by atoms with van der Waals surface area (Å²) in [5.74, 6) is -0.118. The van der Waals surface area contributed by atoms with Gasteiger partial charge in [0.05, 0.1) is 6.42 Å². The molecule has 0 bridgehead atoms. The second-order valence-electron chi connectivity index (χ2n) is 4.97. The van der Waals surface area contributed by atoms with Gasteiger partial charge in [-0.25, -0.2) is 0 Å². The highest BCUT2D eigenvalue weighted by Gasteiger charge is 2.15. The van der Waals surface area contributed by atoms with Gasteiger partial charge in [-0.3, -0.25) is 9.59 Å². The quantitative estimate of drug-likeness (QED) is 0.567. The Morgan fingerprint density at radius 1 is 1.00 bits per heavy atom. The van der Waals surface area contributed by atoms with Crippen LogP contribution in [-0.2, 0) is 17.6 Å². The molecule has 0 N–H and O–H groups in total. The number of Topliss-reactive ketones (excluding diaryl/α,β-unsaturated/α-hetero) is 2. The smallest absolute Gasteiger partial charge is 0.170 e. The van der Waals surface area contributed by atoms with Gasteiger partial charge in [-0.2, -0.15) is 0 Å². The summed E-state index contributed by atoms with van der Waals surface area (Å²) < 4.78 is 0. The molecule has 2 nitrogen and oxygen atoms in total. The predicted molar refractivity (Wildman–Crippen MR) is 74.0 cm³/mol. The van der Waals surface area contributed by atoms with E-state index in [1.165, 1.54) is 0 Å². The normalized spacial score (nSPS) is 10.7. The van der Waals surface area contributed by atoms with Gasteiger partial charge in [0.1, 0.15) is 5.78 Å². The van der Waals surface area contributed by atoms with Gasteiger partial charge in [-0.1, -0.05) is 33.8 Å². The van der Waals surface area contributed by atoms with Crippen molar-refractivity contribution in [2.75, 3.05) is 0 Å². The molecule has 0 spiro atoms. The Labute approximate surface area is 109 Å². The van der Waals surface area contributed by atoms with Crippen LogP contribution in [0, 0.1) is 5.92 Å². The third-order valence-electron chi connectivity index (χ3n) is 3.17. The van der Waals surface area contributed by atoms with E-state index in [4.69, 9.17) is 0 Å². The topological polar surface area (TPSA) is 34.1 Å². The monoisotopic (exact) mass is 246 g/mol. The molecule has 0 amide bonds. The molecule has 0 saturated carbocycles. The molecule has 0 aliphatic carbocycles. The van der Waals surface area contributed by atoms with Crippen LogP contribution in [0.2, 0.25) is 0 Å². The van der Waals surface area contributed by atoms with E-state index in [1.807, 2.05) is 26.0 Å². The number of ketones is 2. The molecular formula is C16H22O2. The van der Waals surface area contributed by atoms with E-state index in [0.29, 0.717) is 5.56 Å². The molecule has 18 heavy (non-hydrogen) atoms. The van der Waals surface area contributed by atoms with E-state index in [-0.39, 0.29) is 23.9 Å². The Balaban J connectivity index is 2.94. The van der Waals surface area contributed by atoms with Crippen LogP contribution < -0.4 is 0 Å². The Bertz CT molecular complexity index is 422. The van der Waals surface area contributed by atoms with Crippen molar-refractivity contribution in [1.82, 2.24) is 0 Å². The summed E-state index contributed by atoms with van der Waals surface area (Å²) in [4.78, 5) is 23.7. The molecule has 98 valence electrons. The first kappa shape index (κ1) is 14.6. The van der Waals surface area contributed by atoms with Crippen molar-refractivity contribution in [3.8, 4) is 0 Å². The van der Waals surface area contributed by atoms with Crippen molar-refractivity contribution >= 4 is 11.6 Å². The van der Waals surface area contributed by atoms with Gasteiger partial charge < -0.3 is 0 Å². The summed E-state index contributed by atoms with van der Waals surface area (Å²) >= 11 is 0. The maximum atomic E-state index is 12.1. The standard InChI is InChI=1S/C16H22O2/c1-5-12-7-13(6-2)9-14(8-12)16(18)10-15(17)11(3)4/h7-9,11H,5-6,10H2,1-4H3. The summed E-state index contributed by atoms with van der Waals surface area (Å²) in [6.45, 7) is 7.80. The van der Waals surface area contributed by atoms with Crippen molar-refractivity contribution in [2.45, 2.75) is 47.0 Å². The third-order valence-corrected chi connectivity index (χ3v) is 3.17. The molecule has 0 aromatic heterocycles. The van der Waals surface area contributed by atoms with E-state index < -0.39 is 0 Å². The molecule has 0 aliphatic rings. The van der Waals surface area contributed by atoms with Crippen LogP contribution >= 0.6 is 0 Å². The first-order valence-electron chi connectivity index (χ1n) is 6.66. The van der Waals surface area contributed by atoms with Crippen LogP contribution in [-0.4, -0.2) is 11.6 Å². The Kier molecular flexibility index (Phi) is 5.26. The molecule has 0 heterocycles. The lowest BCUT2D eigenvalue weighted by molar-refractivity contribution is -0.121. The minimum atomic E-state index is -0.0750. The zero-order chi connectivity index (χ0) is 13.7. The van der Waals surface area contributed by atoms with Crippen molar-refractivity contribution in [3.63, 3.8) is 0 Å². The second kappa shape index (κ2) is 6.48. The Morgan fingerprint density at radius 2 is 1.50 bits per heavy atom. The number of benzene rings is 1. The zero-order valence-corrected chi connectivity index (χ0v) is 11.7. The highest BCUT2D eigenvalue weighted by Crippen LogP contribution is 2.15. The SMILES string of the molecule is CCc1cc(CC)cc(C(=O)CC(=O)C(C)C)c1. The molecular weight excluding hydrogens is 224 g/mol.